The van der Waals surface area contributed by atoms with Gasteiger partial charge in [-0.1, -0.05) is 12.1 Å². The standard InChI is InChI=1S/C6H7NO.CO2/c7-5-3-1-2-4-6(5)8;2-1-3/h1-4,8H,7H2;. The molecule has 0 spiro atoms. The molecule has 1 rings (SSSR count). The van der Waals surface area contributed by atoms with Crippen molar-refractivity contribution in [3.05, 3.63) is 24.3 Å². The van der Waals surface area contributed by atoms with E-state index in [0.717, 1.165) is 0 Å². The van der Waals surface area contributed by atoms with Crippen LogP contribution in [0.4, 0.5) is 5.69 Å². The maximum atomic E-state index is 8.79. The molecule has 0 atom stereocenters. The topological polar surface area (TPSA) is 80.4 Å². The molecule has 0 unspecified atom stereocenters. The van der Waals surface area contributed by atoms with Gasteiger partial charge in [-0.2, -0.15) is 9.59 Å². The van der Waals surface area contributed by atoms with E-state index in [1.807, 2.05) is 0 Å². The van der Waals surface area contributed by atoms with Crippen LogP contribution in [-0.4, -0.2) is 11.3 Å². The van der Waals surface area contributed by atoms with Gasteiger partial charge in [0.1, 0.15) is 5.75 Å². The number of aromatic hydroxyl groups is 1. The minimum Gasteiger partial charge on any atom is -0.506 e. The van der Waals surface area contributed by atoms with E-state index in [0.29, 0.717) is 5.69 Å². The normalized spacial score (nSPS) is 7.27. The fourth-order valence-corrected chi connectivity index (χ4v) is 0.488. The van der Waals surface area contributed by atoms with Crippen molar-refractivity contribution in [3.63, 3.8) is 0 Å². The minimum absolute atomic E-state index is 0.146. The number of carbonyl (C=O) groups excluding carboxylic acids is 2. The van der Waals surface area contributed by atoms with Gasteiger partial charge >= 0.3 is 6.15 Å². The van der Waals surface area contributed by atoms with Crippen LogP contribution in [0.15, 0.2) is 24.3 Å². The van der Waals surface area contributed by atoms with Gasteiger partial charge in [0.2, 0.25) is 0 Å². The van der Waals surface area contributed by atoms with Crippen LogP contribution < -0.4 is 5.73 Å². The molecular formula is C7H7NO3. The van der Waals surface area contributed by atoms with Crippen molar-refractivity contribution < 1.29 is 14.7 Å². The highest BCUT2D eigenvalue weighted by molar-refractivity contribution is 5.50. The first-order valence-electron chi connectivity index (χ1n) is 2.75. The summed E-state index contributed by atoms with van der Waals surface area (Å²) in [5.41, 5.74) is 5.69. The van der Waals surface area contributed by atoms with E-state index >= 15 is 0 Å². The van der Waals surface area contributed by atoms with E-state index in [1.165, 1.54) is 0 Å². The van der Waals surface area contributed by atoms with Crippen LogP contribution in [0.1, 0.15) is 0 Å². The van der Waals surface area contributed by atoms with Crippen molar-refractivity contribution in [1.29, 1.82) is 0 Å². The smallest absolute Gasteiger partial charge is 0.373 e. The predicted octanol–water partition coefficient (Wildman–Crippen LogP) is 0.391. The van der Waals surface area contributed by atoms with Gasteiger partial charge in [-0.15, -0.1) is 0 Å². The van der Waals surface area contributed by atoms with E-state index in [4.69, 9.17) is 20.4 Å². The molecule has 0 aliphatic carbocycles. The van der Waals surface area contributed by atoms with Crippen molar-refractivity contribution in [2.75, 3.05) is 5.73 Å². The molecule has 1 aromatic carbocycles. The fraction of sp³-hybridized carbons (Fsp3) is 0. The number of hydrogen-bond acceptors (Lipinski definition) is 4. The summed E-state index contributed by atoms with van der Waals surface area (Å²) in [6, 6.07) is 6.70. The van der Waals surface area contributed by atoms with Crippen LogP contribution in [0.5, 0.6) is 5.75 Å². The van der Waals surface area contributed by atoms with E-state index < -0.39 is 0 Å². The van der Waals surface area contributed by atoms with Crippen LogP contribution >= 0.6 is 0 Å². The molecule has 1 aromatic rings. The number of benzene rings is 1. The lowest BCUT2D eigenvalue weighted by Crippen LogP contribution is -1.82. The van der Waals surface area contributed by atoms with Gasteiger partial charge in [-0.3, -0.25) is 0 Å². The average Bonchev–Trinajstić information content (AvgIpc) is 1.97. The molecule has 3 N–H and O–H groups in total. The maximum absolute atomic E-state index is 8.79. The van der Waals surface area contributed by atoms with Gasteiger partial charge < -0.3 is 10.8 Å². The molecule has 0 amide bonds. The van der Waals surface area contributed by atoms with Crippen molar-refractivity contribution >= 4 is 11.8 Å². The van der Waals surface area contributed by atoms with E-state index in [9.17, 15) is 0 Å². The molecule has 58 valence electrons. The quantitative estimate of drug-likeness (QED) is 0.417. The van der Waals surface area contributed by atoms with Crippen LogP contribution in [0.25, 0.3) is 0 Å². The number of phenolic OH excluding ortho intramolecular Hbond substituents is 1. The molecule has 0 saturated heterocycles. The van der Waals surface area contributed by atoms with Crippen molar-refractivity contribution in [2.45, 2.75) is 0 Å². The Morgan fingerprint density at radius 3 is 2.00 bits per heavy atom. The number of nitrogens with two attached hydrogens (primary N) is 1. The van der Waals surface area contributed by atoms with Crippen molar-refractivity contribution in [3.8, 4) is 5.75 Å². The van der Waals surface area contributed by atoms with Crippen LogP contribution in [0, 0.1) is 0 Å². The van der Waals surface area contributed by atoms with Gasteiger partial charge in [-0.05, 0) is 12.1 Å². The van der Waals surface area contributed by atoms with Gasteiger partial charge in [0.25, 0.3) is 0 Å². The Balaban J connectivity index is 0.000000292. The molecule has 0 aliphatic heterocycles. The molecule has 0 bridgehead atoms. The number of nitrogen functional groups attached to an aromatic ring is 1. The Labute approximate surface area is 63.3 Å². The molecule has 0 aliphatic rings. The summed E-state index contributed by atoms with van der Waals surface area (Å²) < 4.78 is 0. The highest BCUT2D eigenvalue weighted by Crippen LogP contribution is 2.16. The highest BCUT2D eigenvalue weighted by atomic mass is 16.3. The Bertz CT molecular complexity index is 233. The molecule has 0 heterocycles. The second kappa shape index (κ2) is 5.02. The highest BCUT2D eigenvalue weighted by Gasteiger charge is 1.87. The number of hydrogen-bond donors (Lipinski definition) is 2. The van der Waals surface area contributed by atoms with E-state index in [1.54, 1.807) is 24.3 Å². The monoisotopic (exact) mass is 153 g/mol. The van der Waals surface area contributed by atoms with E-state index in [-0.39, 0.29) is 11.9 Å². The summed E-state index contributed by atoms with van der Waals surface area (Å²) in [6.45, 7) is 0. The largest absolute Gasteiger partial charge is 0.506 e. The Hall–Kier alpha value is -1.80. The second-order valence-corrected chi connectivity index (χ2v) is 1.64. The van der Waals surface area contributed by atoms with Gasteiger partial charge in [0, 0.05) is 0 Å². The van der Waals surface area contributed by atoms with Crippen LogP contribution in [-0.2, 0) is 9.59 Å². The molecule has 0 saturated carbocycles. The molecule has 0 aromatic heterocycles. The molecule has 0 radical (unpaired) electrons. The van der Waals surface area contributed by atoms with Gasteiger partial charge in [0.05, 0.1) is 5.69 Å². The number of rotatable bonds is 0. The average molecular weight is 153 g/mol. The molecular weight excluding hydrogens is 146 g/mol. The number of phenols is 1. The zero-order valence-electron chi connectivity index (χ0n) is 5.65. The third-order valence-electron chi connectivity index (χ3n) is 0.937. The summed E-state index contributed by atoms with van der Waals surface area (Å²) in [7, 11) is 0. The Kier molecular flexibility index (Phi) is 4.20. The molecule has 0 fully saturated rings. The maximum Gasteiger partial charge on any atom is 0.373 e. The number of para-hydroxylation sites is 2. The van der Waals surface area contributed by atoms with Crippen molar-refractivity contribution in [1.82, 2.24) is 0 Å². The lowest BCUT2D eigenvalue weighted by atomic mass is 10.3. The van der Waals surface area contributed by atoms with E-state index in [2.05, 4.69) is 0 Å². The predicted molar refractivity (Wildman–Crippen MR) is 37.5 cm³/mol. The summed E-state index contributed by atoms with van der Waals surface area (Å²) in [5, 5.41) is 8.79. The Morgan fingerprint density at radius 1 is 1.27 bits per heavy atom. The second-order valence-electron chi connectivity index (χ2n) is 1.64. The van der Waals surface area contributed by atoms with Crippen LogP contribution in [0.3, 0.4) is 0 Å². The summed E-state index contributed by atoms with van der Waals surface area (Å²) >= 11 is 0. The summed E-state index contributed by atoms with van der Waals surface area (Å²) in [5.74, 6) is 0.146. The SMILES string of the molecule is Nc1ccccc1O.O=C=O. The van der Waals surface area contributed by atoms with Crippen molar-refractivity contribution in [2.24, 2.45) is 0 Å². The zero-order chi connectivity index (χ0) is 8.69. The third-order valence-corrected chi connectivity index (χ3v) is 0.937. The number of anilines is 1. The van der Waals surface area contributed by atoms with Gasteiger partial charge in [-0.25, -0.2) is 0 Å². The first kappa shape index (κ1) is 9.20. The minimum atomic E-state index is 0.146. The first-order chi connectivity index (χ1) is 5.22. The molecule has 4 heteroatoms. The first-order valence-corrected chi connectivity index (χ1v) is 2.75. The zero-order valence-corrected chi connectivity index (χ0v) is 5.65. The van der Waals surface area contributed by atoms with Crippen LogP contribution in [0.2, 0.25) is 0 Å². The molecule has 4 nitrogen and oxygen atoms in total. The summed E-state index contributed by atoms with van der Waals surface area (Å²) in [6.07, 6.45) is 0.250. The fourth-order valence-electron chi connectivity index (χ4n) is 0.488. The summed E-state index contributed by atoms with van der Waals surface area (Å²) in [4.78, 5) is 16.2. The van der Waals surface area contributed by atoms with Gasteiger partial charge in [0.15, 0.2) is 0 Å². The lowest BCUT2D eigenvalue weighted by molar-refractivity contribution is -0.191. The molecule has 11 heavy (non-hydrogen) atoms. The third kappa shape index (κ3) is 3.72. The Morgan fingerprint density at radius 2 is 1.73 bits per heavy atom. The lowest BCUT2D eigenvalue weighted by Gasteiger charge is -1.92.